The van der Waals surface area contributed by atoms with E-state index in [2.05, 4.69) is 15.3 Å². The molecule has 31 heavy (non-hydrogen) atoms. The van der Waals surface area contributed by atoms with Crippen LogP contribution in [0.3, 0.4) is 0 Å². The van der Waals surface area contributed by atoms with Crippen molar-refractivity contribution in [2.45, 2.75) is 0 Å². The summed E-state index contributed by atoms with van der Waals surface area (Å²) in [5.74, 6) is -1.06. The molecule has 0 aliphatic rings. The molecule has 1 heterocycles. The normalized spacial score (nSPS) is 10.0. The van der Waals surface area contributed by atoms with Gasteiger partial charge in [-0.25, -0.2) is 0 Å². The second-order valence-corrected chi connectivity index (χ2v) is 6.07. The number of nitriles is 1. The maximum atomic E-state index is 11.7. The maximum Gasteiger partial charge on any atom is 0.327 e. The second-order valence-electron chi connectivity index (χ2n) is 6.07. The smallest absolute Gasteiger partial charge is 0.327 e. The first-order chi connectivity index (χ1) is 14.8. The SMILES string of the molecule is N#Cc1ccc(C(N)=O)c(Oc2nc(Oc3cccc(NC(=N)N)c3)nc(N)c2N)c1. The van der Waals surface area contributed by atoms with E-state index in [0.717, 1.165) is 0 Å². The second kappa shape index (κ2) is 8.53. The van der Waals surface area contributed by atoms with Crippen molar-refractivity contribution < 1.29 is 14.3 Å². The number of nitrogens with one attached hydrogen (secondary N) is 2. The minimum atomic E-state index is -0.772. The first kappa shape index (κ1) is 20.7. The van der Waals surface area contributed by atoms with Gasteiger partial charge in [0.25, 0.3) is 11.8 Å². The molecular formula is C19H17N9O3. The van der Waals surface area contributed by atoms with E-state index in [1.807, 2.05) is 6.07 Å². The van der Waals surface area contributed by atoms with Crippen molar-refractivity contribution in [2.24, 2.45) is 11.5 Å². The Kier molecular flexibility index (Phi) is 5.69. The molecule has 0 radical (unpaired) electrons. The van der Waals surface area contributed by atoms with E-state index < -0.39 is 5.91 Å². The topological polar surface area (TPSA) is 225 Å². The molecule has 0 fully saturated rings. The van der Waals surface area contributed by atoms with Crippen molar-refractivity contribution in [1.82, 2.24) is 9.97 Å². The zero-order valence-corrected chi connectivity index (χ0v) is 15.9. The lowest BCUT2D eigenvalue weighted by atomic mass is 10.1. The third-order valence-electron chi connectivity index (χ3n) is 3.82. The Balaban J connectivity index is 1.95. The van der Waals surface area contributed by atoms with Crippen molar-refractivity contribution in [1.29, 1.82) is 10.7 Å². The van der Waals surface area contributed by atoms with Crippen LogP contribution in [0.4, 0.5) is 17.2 Å². The van der Waals surface area contributed by atoms with E-state index in [1.54, 1.807) is 24.3 Å². The van der Waals surface area contributed by atoms with Gasteiger partial charge in [0.2, 0.25) is 0 Å². The Morgan fingerprint density at radius 1 is 1.10 bits per heavy atom. The summed E-state index contributed by atoms with van der Waals surface area (Å²) >= 11 is 0. The molecule has 1 aromatic heterocycles. The quantitative estimate of drug-likeness (QED) is 0.249. The van der Waals surface area contributed by atoms with Gasteiger partial charge >= 0.3 is 6.01 Å². The number of amides is 1. The van der Waals surface area contributed by atoms with Crippen LogP contribution in [0.25, 0.3) is 0 Å². The number of hydrogen-bond acceptors (Lipinski definition) is 9. The summed E-state index contributed by atoms with van der Waals surface area (Å²) in [6.07, 6.45) is 0. The number of ether oxygens (including phenoxy) is 2. The summed E-state index contributed by atoms with van der Waals surface area (Å²) in [6, 6.07) is 12.3. The molecule has 2 aromatic carbocycles. The van der Waals surface area contributed by atoms with Gasteiger partial charge in [0.1, 0.15) is 17.2 Å². The van der Waals surface area contributed by atoms with Crippen LogP contribution < -0.4 is 37.7 Å². The zero-order valence-electron chi connectivity index (χ0n) is 15.9. The third-order valence-corrected chi connectivity index (χ3v) is 3.82. The van der Waals surface area contributed by atoms with Gasteiger partial charge in [-0.05, 0) is 30.3 Å². The van der Waals surface area contributed by atoms with E-state index in [-0.39, 0.29) is 46.2 Å². The number of nitrogens with zero attached hydrogens (tertiary/aromatic N) is 3. The molecule has 0 spiro atoms. The van der Waals surface area contributed by atoms with Crippen LogP contribution >= 0.6 is 0 Å². The van der Waals surface area contributed by atoms with Gasteiger partial charge in [-0.3, -0.25) is 10.2 Å². The van der Waals surface area contributed by atoms with Gasteiger partial charge in [-0.1, -0.05) is 6.07 Å². The van der Waals surface area contributed by atoms with E-state index >= 15 is 0 Å². The molecule has 0 saturated heterocycles. The van der Waals surface area contributed by atoms with E-state index in [4.69, 9.17) is 43.1 Å². The molecule has 1 amide bonds. The summed E-state index contributed by atoms with van der Waals surface area (Å²) in [5, 5.41) is 19.0. The zero-order chi connectivity index (χ0) is 22.5. The maximum absolute atomic E-state index is 11.7. The molecule has 3 aromatic rings. The van der Waals surface area contributed by atoms with Crippen molar-refractivity contribution >= 4 is 29.1 Å². The average molecular weight is 419 g/mol. The van der Waals surface area contributed by atoms with Gasteiger partial charge in [0.05, 0.1) is 17.2 Å². The molecule has 156 valence electrons. The van der Waals surface area contributed by atoms with Gasteiger partial charge in [-0.15, -0.1) is 0 Å². The number of rotatable bonds is 6. The number of hydrogen-bond donors (Lipinski definition) is 6. The molecule has 12 heteroatoms. The molecule has 0 aliphatic heterocycles. The average Bonchev–Trinajstić information content (AvgIpc) is 2.71. The van der Waals surface area contributed by atoms with Crippen LogP contribution in [0.1, 0.15) is 15.9 Å². The van der Waals surface area contributed by atoms with Crippen LogP contribution in [-0.4, -0.2) is 21.8 Å². The minimum absolute atomic E-state index is 0.0149. The number of primary amides is 1. The predicted molar refractivity (Wildman–Crippen MR) is 113 cm³/mol. The van der Waals surface area contributed by atoms with Gasteiger partial charge < -0.3 is 37.7 Å². The lowest BCUT2D eigenvalue weighted by molar-refractivity contribution is 0.0998. The Morgan fingerprint density at radius 3 is 2.55 bits per heavy atom. The number of carbonyl (C=O) groups excluding carboxylic acids is 1. The fourth-order valence-corrected chi connectivity index (χ4v) is 2.45. The number of guanidine groups is 1. The van der Waals surface area contributed by atoms with Crippen LogP contribution in [0.2, 0.25) is 0 Å². The van der Waals surface area contributed by atoms with E-state index in [0.29, 0.717) is 11.4 Å². The van der Waals surface area contributed by atoms with Crippen molar-refractivity contribution in [3.8, 4) is 29.5 Å². The Bertz CT molecular complexity index is 1220. The highest BCUT2D eigenvalue weighted by atomic mass is 16.5. The van der Waals surface area contributed by atoms with Gasteiger partial charge in [0.15, 0.2) is 11.8 Å². The van der Waals surface area contributed by atoms with Crippen LogP contribution in [0, 0.1) is 16.7 Å². The lowest BCUT2D eigenvalue weighted by Crippen LogP contribution is -2.20. The lowest BCUT2D eigenvalue weighted by Gasteiger charge is -2.13. The molecule has 3 rings (SSSR count). The molecule has 0 saturated carbocycles. The van der Waals surface area contributed by atoms with Crippen LogP contribution in [0.5, 0.6) is 23.4 Å². The number of aromatic nitrogens is 2. The molecular weight excluding hydrogens is 402 g/mol. The fraction of sp³-hybridized carbons (Fsp3) is 0. The van der Waals surface area contributed by atoms with Gasteiger partial charge in [-0.2, -0.15) is 15.2 Å². The summed E-state index contributed by atoms with van der Waals surface area (Å²) < 4.78 is 11.2. The Labute approximate surface area is 175 Å². The summed E-state index contributed by atoms with van der Waals surface area (Å²) in [7, 11) is 0. The van der Waals surface area contributed by atoms with Crippen LogP contribution in [0.15, 0.2) is 42.5 Å². The van der Waals surface area contributed by atoms with E-state index in [9.17, 15) is 4.79 Å². The molecule has 0 aliphatic carbocycles. The highest BCUT2D eigenvalue weighted by Gasteiger charge is 2.17. The number of carbonyl (C=O) groups is 1. The first-order valence-corrected chi connectivity index (χ1v) is 8.60. The summed E-state index contributed by atoms with van der Waals surface area (Å²) in [4.78, 5) is 19.7. The molecule has 0 bridgehead atoms. The molecule has 0 unspecified atom stereocenters. The number of nitrogen functional groups attached to an aromatic ring is 2. The highest BCUT2D eigenvalue weighted by Crippen LogP contribution is 2.34. The predicted octanol–water partition coefficient (Wildman–Crippen LogP) is 1.50. The third kappa shape index (κ3) is 4.87. The summed E-state index contributed by atoms with van der Waals surface area (Å²) in [6.45, 7) is 0. The Morgan fingerprint density at radius 2 is 1.87 bits per heavy atom. The molecule has 12 nitrogen and oxygen atoms in total. The van der Waals surface area contributed by atoms with Crippen molar-refractivity contribution in [3.05, 3.63) is 53.6 Å². The number of nitrogens with two attached hydrogens (primary N) is 4. The van der Waals surface area contributed by atoms with Crippen molar-refractivity contribution in [3.63, 3.8) is 0 Å². The monoisotopic (exact) mass is 419 g/mol. The molecule has 10 N–H and O–H groups in total. The van der Waals surface area contributed by atoms with E-state index in [1.165, 1.54) is 18.2 Å². The number of benzene rings is 2. The molecule has 0 atom stereocenters. The highest BCUT2D eigenvalue weighted by molar-refractivity contribution is 5.96. The Hall–Kier alpha value is -5.05. The fourth-order valence-electron chi connectivity index (χ4n) is 2.45. The first-order valence-electron chi connectivity index (χ1n) is 8.60. The standard InChI is InChI=1S/C19H17N9O3/c20-8-9-4-5-12(16(23)29)13(6-9)31-17-14(21)15(22)27-19(28-17)30-11-3-1-2-10(7-11)26-18(24)25/h1-7H,21H2,(H2,23,29)(H2,22,27,28)(H4,24,25,26). The van der Waals surface area contributed by atoms with Crippen molar-refractivity contribution in [2.75, 3.05) is 16.8 Å². The van der Waals surface area contributed by atoms with Gasteiger partial charge in [0, 0.05) is 11.8 Å². The summed E-state index contributed by atoms with van der Waals surface area (Å²) in [5.41, 5.74) is 23.1. The minimum Gasteiger partial charge on any atom is -0.436 e. The van der Waals surface area contributed by atoms with Crippen LogP contribution in [-0.2, 0) is 0 Å². The largest absolute Gasteiger partial charge is 0.436 e. The number of anilines is 3.